The number of amides is 1. The standard InChI is InChI=1S/C21H25N3O3/c1-14-6-20(22-27-14)21(25)23-9-15-10-24(19(11-23)13-26-12-15)18-7-16-4-2-3-5-17(16)8-18/h2-6,15,18-19H,7-13H2,1H3/t15-,19-/m0/s1. The first kappa shape index (κ1) is 17.0. The summed E-state index contributed by atoms with van der Waals surface area (Å²) >= 11 is 0. The third kappa shape index (κ3) is 3.17. The molecule has 0 N–H and O–H groups in total. The van der Waals surface area contributed by atoms with Crippen molar-refractivity contribution in [2.75, 3.05) is 32.8 Å². The zero-order chi connectivity index (χ0) is 18.4. The highest BCUT2D eigenvalue weighted by Gasteiger charge is 2.40. The molecule has 1 amide bonds. The maximum atomic E-state index is 12.9. The van der Waals surface area contributed by atoms with Gasteiger partial charge in [0.2, 0.25) is 0 Å². The van der Waals surface area contributed by atoms with Crippen LogP contribution in [0.25, 0.3) is 0 Å². The van der Waals surface area contributed by atoms with Crippen LogP contribution in [0.15, 0.2) is 34.9 Å². The Balaban J connectivity index is 1.37. The van der Waals surface area contributed by atoms with Crippen LogP contribution in [0, 0.1) is 12.8 Å². The SMILES string of the molecule is Cc1cc(C(=O)N2C[C@@H]3COC[C@H](C2)N(C2Cc4ccccc4C2)C3)no1. The molecule has 2 atom stereocenters. The molecule has 2 bridgehead atoms. The van der Waals surface area contributed by atoms with Gasteiger partial charge in [0.1, 0.15) is 5.76 Å². The van der Waals surface area contributed by atoms with Gasteiger partial charge in [-0.3, -0.25) is 9.69 Å². The molecular weight excluding hydrogens is 342 g/mol. The van der Waals surface area contributed by atoms with Crippen LogP contribution < -0.4 is 0 Å². The van der Waals surface area contributed by atoms with Gasteiger partial charge in [0, 0.05) is 37.7 Å². The molecule has 1 aliphatic carbocycles. The number of hydrogen-bond acceptors (Lipinski definition) is 5. The van der Waals surface area contributed by atoms with E-state index in [1.807, 2.05) is 11.8 Å². The molecule has 1 aromatic heterocycles. The summed E-state index contributed by atoms with van der Waals surface area (Å²) in [6.45, 7) is 5.62. The maximum absolute atomic E-state index is 12.9. The molecule has 2 saturated heterocycles. The molecule has 2 aromatic rings. The summed E-state index contributed by atoms with van der Waals surface area (Å²) in [6, 6.07) is 11.2. The Morgan fingerprint density at radius 2 is 1.85 bits per heavy atom. The molecule has 0 saturated carbocycles. The number of hydrogen-bond donors (Lipinski definition) is 0. The smallest absolute Gasteiger partial charge is 0.276 e. The van der Waals surface area contributed by atoms with Gasteiger partial charge in [-0.1, -0.05) is 29.4 Å². The lowest BCUT2D eigenvalue weighted by molar-refractivity contribution is 0.0360. The number of benzene rings is 1. The molecule has 5 rings (SSSR count). The van der Waals surface area contributed by atoms with Crippen molar-refractivity contribution < 1.29 is 14.1 Å². The van der Waals surface area contributed by atoms with Crippen molar-refractivity contribution in [3.05, 3.63) is 52.9 Å². The van der Waals surface area contributed by atoms with Crippen molar-refractivity contribution in [1.82, 2.24) is 15.0 Å². The fourth-order valence-electron chi connectivity index (χ4n) is 4.89. The summed E-state index contributed by atoms with van der Waals surface area (Å²) in [6.07, 6.45) is 2.19. The third-order valence-corrected chi connectivity index (χ3v) is 6.14. The minimum Gasteiger partial charge on any atom is -0.379 e. The van der Waals surface area contributed by atoms with Crippen LogP contribution in [0.2, 0.25) is 0 Å². The molecule has 6 heteroatoms. The third-order valence-electron chi connectivity index (χ3n) is 6.14. The number of rotatable bonds is 2. The van der Waals surface area contributed by atoms with Crippen LogP contribution in [0.4, 0.5) is 0 Å². The molecule has 6 nitrogen and oxygen atoms in total. The lowest BCUT2D eigenvalue weighted by atomic mass is 10.1. The summed E-state index contributed by atoms with van der Waals surface area (Å²) in [5.74, 6) is 0.973. The van der Waals surface area contributed by atoms with Crippen molar-refractivity contribution >= 4 is 5.91 Å². The Kier molecular flexibility index (Phi) is 4.25. The van der Waals surface area contributed by atoms with Crippen LogP contribution in [0.3, 0.4) is 0 Å². The Morgan fingerprint density at radius 1 is 1.07 bits per heavy atom. The van der Waals surface area contributed by atoms with Crippen molar-refractivity contribution in [2.45, 2.75) is 31.8 Å². The number of carbonyl (C=O) groups excluding carboxylic acids is 1. The van der Waals surface area contributed by atoms with E-state index in [0.29, 0.717) is 43.2 Å². The van der Waals surface area contributed by atoms with Crippen molar-refractivity contribution in [1.29, 1.82) is 0 Å². The quantitative estimate of drug-likeness (QED) is 0.812. The van der Waals surface area contributed by atoms with E-state index in [2.05, 4.69) is 34.3 Å². The number of nitrogens with zero attached hydrogens (tertiary/aromatic N) is 3. The molecule has 1 aromatic carbocycles. The summed E-state index contributed by atoms with van der Waals surface area (Å²) in [5, 5.41) is 3.93. The predicted octanol–water partition coefficient (Wildman–Crippen LogP) is 1.92. The van der Waals surface area contributed by atoms with E-state index in [-0.39, 0.29) is 11.9 Å². The van der Waals surface area contributed by atoms with Gasteiger partial charge >= 0.3 is 0 Å². The second-order valence-corrected chi connectivity index (χ2v) is 8.12. The average molecular weight is 367 g/mol. The van der Waals surface area contributed by atoms with E-state index in [4.69, 9.17) is 9.26 Å². The molecule has 2 aliphatic heterocycles. The van der Waals surface area contributed by atoms with E-state index in [0.717, 1.165) is 25.9 Å². The van der Waals surface area contributed by atoms with Gasteiger partial charge in [-0.2, -0.15) is 0 Å². The first-order valence-electron chi connectivity index (χ1n) is 9.80. The minimum absolute atomic E-state index is 0.0275. The lowest BCUT2D eigenvalue weighted by Crippen LogP contribution is -2.49. The highest BCUT2D eigenvalue weighted by atomic mass is 16.5. The number of ether oxygens (including phenoxy) is 1. The number of fused-ring (bicyclic) bond motifs is 4. The normalized spacial score (nSPS) is 26.0. The largest absolute Gasteiger partial charge is 0.379 e. The molecule has 0 radical (unpaired) electrons. The van der Waals surface area contributed by atoms with Gasteiger partial charge in [0.05, 0.1) is 19.3 Å². The molecule has 3 heterocycles. The predicted molar refractivity (Wildman–Crippen MR) is 99.6 cm³/mol. The van der Waals surface area contributed by atoms with Gasteiger partial charge in [0.15, 0.2) is 5.69 Å². The molecule has 0 unspecified atom stereocenters. The van der Waals surface area contributed by atoms with E-state index >= 15 is 0 Å². The van der Waals surface area contributed by atoms with Gasteiger partial charge in [-0.05, 0) is 30.9 Å². The summed E-state index contributed by atoms with van der Waals surface area (Å²) < 4.78 is 11.1. The van der Waals surface area contributed by atoms with E-state index in [1.54, 1.807) is 6.07 Å². The molecule has 0 spiro atoms. The topological polar surface area (TPSA) is 58.8 Å². The second kappa shape index (κ2) is 6.77. The van der Waals surface area contributed by atoms with Gasteiger partial charge in [-0.25, -0.2) is 0 Å². The fourth-order valence-corrected chi connectivity index (χ4v) is 4.89. The molecule has 27 heavy (non-hydrogen) atoms. The lowest BCUT2D eigenvalue weighted by Gasteiger charge is -2.34. The highest BCUT2D eigenvalue weighted by Crippen LogP contribution is 2.30. The van der Waals surface area contributed by atoms with E-state index in [9.17, 15) is 4.79 Å². The maximum Gasteiger partial charge on any atom is 0.276 e. The van der Waals surface area contributed by atoms with Gasteiger partial charge < -0.3 is 14.2 Å². The first-order chi connectivity index (χ1) is 13.2. The van der Waals surface area contributed by atoms with Crippen LogP contribution in [-0.4, -0.2) is 65.8 Å². The number of aromatic nitrogens is 1. The highest BCUT2D eigenvalue weighted by molar-refractivity contribution is 5.92. The summed E-state index contributed by atoms with van der Waals surface area (Å²) in [4.78, 5) is 17.5. The van der Waals surface area contributed by atoms with Crippen molar-refractivity contribution in [3.8, 4) is 0 Å². The van der Waals surface area contributed by atoms with E-state index in [1.165, 1.54) is 11.1 Å². The number of carbonyl (C=O) groups is 1. The van der Waals surface area contributed by atoms with Crippen LogP contribution in [0.5, 0.6) is 0 Å². The Morgan fingerprint density at radius 3 is 2.56 bits per heavy atom. The Bertz CT molecular complexity index is 824. The Hall–Kier alpha value is -2.18. The number of aryl methyl sites for hydroxylation is 1. The molecular formula is C21H25N3O3. The summed E-state index contributed by atoms with van der Waals surface area (Å²) in [5.41, 5.74) is 3.34. The first-order valence-corrected chi connectivity index (χ1v) is 9.80. The monoisotopic (exact) mass is 367 g/mol. The van der Waals surface area contributed by atoms with Crippen LogP contribution in [0.1, 0.15) is 27.4 Å². The second-order valence-electron chi connectivity index (χ2n) is 8.12. The van der Waals surface area contributed by atoms with Crippen LogP contribution in [-0.2, 0) is 17.6 Å². The Labute approximate surface area is 159 Å². The zero-order valence-electron chi connectivity index (χ0n) is 15.6. The average Bonchev–Trinajstić information content (AvgIpc) is 3.16. The molecule has 2 fully saturated rings. The zero-order valence-corrected chi connectivity index (χ0v) is 15.6. The van der Waals surface area contributed by atoms with Crippen molar-refractivity contribution in [2.24, 2.45) is 5.92 Å². The summed E-state index contributed by atoms with van der Waals surface area (Å²) in [7, 11) is 0. The van der Waals surface area contributed by atoms with Gasteiger partial charge in [-0.15, -0.1) is 0 Å². The van der Waals surface area contributed by atoms with Gasteiger partial charge in [0.25, 0.3) is 5.91 Å². The van der Waals surface area contributed by atoms with E-state index < -0.39 is 0 Å². The van der Waals surface area contributed by atoms with Crippen molar-refractivity contribution in [3.63, 3.8) is 0 Å². The molecule has 3 aliphatic rings. The van der Waals surface area contributed by atoms with Crippen LogP contribution >= 0.6 is 0 Å². The minimum atomic E-state index is -0.0275. The molecule has 142 valence electrons. The fraction of sp³-hybridized carbons (Fsp3) is 0.524.